The Morgan fingerprint density at radius 1 is 1.19 bits per heavy atom. The van der Waals surface area contributed by atoms with Crippen LogP contribution < -0.4 is 15.4 Å². The standard InChI is InChI=1S/C16H20N4O/c1-2-21-14-5-3-12(4-6-14)15-7-8-16(19-18-15)20-10-9-13(17)11-20/h3-8,13H,2,9-11,17H2,1H3. The molecule has 0 bridgehead atoms. The van der Waals surface area contributed by atoms with E-state index in [1.165, 1.54) is 0 Å². The number of ether oxygens (including phenoxy) is 1. The van der Waals surface area contributed by atoms with Crippen molar-refractivity contribution in [2.75, 3.05) is 24.6 Å². The number of nitrogens with two attached hydrogens (primary N) is 1. The number of rotatable bonds is 4. The molecule has 21 heavy (non-hydrogen) atoms. The second-order valence-electron chi connectivity index (χ2n) is 5.23. The van der Waals surface area contributed by atoms with Crippen molar-refractivity contribution < 1.29 is 4.74 Å². The van der Waals surface area contributed by atoms with Gasteiger partial charge in [-0.15, -0.1) is 10.2 Å². The van der Waals surface area contributed by atoms with Crippen molar-refractivity contribution in [1.29, 1.82) is 0 Å². The smallest absolute Gasteiger partial charge is 0.151 e. The van der Waals surface area contributed by atoms with Crippen LogP contribution in [0.3, 0.4) is 0 Å². The van der Waals surface area contributed by atoms with Crippen molar-refractivity contribution in [3.8, 4) is 17.0 Å². The normalized spacial score (nSPS) is 18.0. The molecule has 1 aliphatic rings. The number of nitrogens with zero attached hydrogens (tertiary/aromatic N) is 3. The summed E-state index contributed by atoms with van der Waals surface area (Å²) in [5.41, 5.74) is 7.82. The predicted molar refractivity (Wildman–Crippen MR) is 83.4 cm³/mol. The van der Waals surface area contributed by atoms with Gasteiger partial charge in [-0.1, -0.05) is 0 Å². The van der Waals surface area contributed by atoms with E-state index in [9.17, 15) is 0 Å². The molecule has 5 nitrogen and oxygen atoms in total. The summed E-state index contributed by atoms with van der Waals surface area (Å²) in [4.78, 5) is 2.18. The molecular formula is C16H20N4O. The van der Waals surface area contributed by atoms with Gasteiger partial charge in [0.15, 0.2) is 5.82 Å². The lowest BCUT2D eigenvalue weighted by Crippen LogP contribution is -2.27. The Morgan fingerprint density at radius 3 is 2.57 bits per heavy atom. The largest absolute Gasteiger partial charge is 0.494 e. The van der Waals surface area contributed by atoms with Crippen LogP contribution in [0.4, 0.5) is 5.82 Å². The highest BCUT2D eigenvalue weighted by molar-refractivity contribution is 5.60. The Bertz CT molecular complexity index is 582. The summed E-state index contributed by atoms with van der Waals surface area (Å²) in [6.45, 7) is 4.46. The van der Waals surface area contributed by atoms with E-state index in [0.29, 0.717) is 6.61 Å². The fourth-order valence-corrected chi connectivity index (χ4v) is 2.53. The van der Waals surface area contributed by atoms with E-state index >= 15 is 0 Å². The Morgan fingerprint density at radius 2 is 2.00 bits per heavy atom. The molecule has 0 saturated carbocycles. The zero-order chi connectivity index (χ0) is 14.7. The third kappa shape index (κ3) is 3.13. The van der Waals surface area contributed by atoms with Gasteiger partial charge in [-0.05, 0) is 49.7 Å². The molecule has 3 rings (SSSR count). The molecule has 1 unspecified atom stereocenters. The third-order valence-electron chi connectivity index (χ3n) is 3.66. The minimum atomic E-state index is 0.248. The highest BCUT2D eigenvalue weighted by Crippen LogP contribution is 2.22. The fourth-order valence-electron chi connectivity index (χ4n) is 2.53. The number of hydrogen-bond acceptors (Lipinski definition) is 5. The first-order chi connectivity index (χ1) is 10.3. The zero-order valence-corrected chi connectivity index (χ0v) is 12.2. The minimum absolute atomic E-state index is 0.248. The predicted octanol–water partition coefficient (Wildman–Crippen LogP) is 2.08. The highest BCUT2D eigenvalue weighted by atomic mass is 16.5. The molecule has 0 amide bonds. The molecule has 1 saturated heterocycles. The van der Waals surface area contributed by atoms with Crippen molar-refractivity contribution in [3.63, 3.8) is 0 Å². The average Bonchev–Trinajstić information content (AvgIpc) is 2.95. The van der Waals surface area contributed by atoms with Crippen LogP contribution in [-0.4, -0.2) is 35.9 Å². The molecule has 2 heterocycles. The maximum absolute atomic E-state index is 5.92. The van der Waals surface area contributed by atoms with Crippen molar-refractivity contribution in [1.82, 2.24) is 10.2 Å². The molecule has 0 radical (unpaired) electrons. The lowest BCUT2D eigenvalue weighted by atomic mass is 10.1. The lowest BCUT2D eigenvalue weighted by molar-refractivity contribution is 0.340. The topological polar surface area (TPSA) is 64.3 Å². The van der Waals surface area contributed by atoms with Crippen LogP contribution >= 0.6 is 0 Å². The number of hydrogen-bond donors (Lipinski definition) is 1. The molecule has 1 aromatic heterocycles. The minimum Gasteiger partial charge on any atom is -0.494 e. The van der Waals surface area contributed by atoms with E-state index in [2.05, 4.69) is 15.1 Å². The lowest BCUT2D eigenvalue weighted by Gasteiger charge is -2.16. The maximum Gasteiger partial charge on any atom is 0.151 e. The summed E-state index contributed by atoms with van der Waals surface area (Å²) >= 11 is 0. The van der Waals surface area contributed by atoms with E-state index in [1.807, 2.05) is 43.3 Å². The summed E-state index contributed by atoms with van der Waals surface area (Å²) in [5.74, 6) is 1.77. The van der Waals surface area contributed by atoms with E-state index in [1.54, 1.807) is 0 Å². The molecule has 2 aromatic rings. The first-order valence-electron chi connectivity index (χ1n) is 7.34. The Labute approximate surface area is 124 Å². The van der Waals surface area contributed by atoms with Gasteiger partial charge < -0.3 is 15.4 Å². The second kappa shape index (κ2) is 6.10. The van der Waals surface area contributed by atoms with Crippen LogP contribution in [0.15, 0.2) is 36.4 Å². The van der Waals surface area contributed by atoms with Gasteiger partial charge in [0, 0.05) is 24.7 Å². The van der Waals surface area contributed by atoms with Crippen molar-refractivity contribution >= 4 is 5.82 Å². The van der Waals surface area contributed by atoms with Gasteiger partial charge in [0.25, 0.3) is 0 Å². The maximum atomic E-state index is 5.92. The third-order valence-corrected chi connectivity index (χ3v) is 3.66. The van der Waals surface area contributed by atoms with E-state index in [0.717, 1.165) is 42.3 Å². The molecule has 5 heteroatoms. The van der Waals surface area contributed by atoms with Gasteiger partial charge in [0.2, 0.25) is 0 Å². The molecule has 1 aliphatic heterocycles. The molecule has 1 aromatic carbocycles. The molecular weight excluding hydrogens is 264 g/mol. The van der Waals surface area contributed by atoms with Crippen LogP contribution in [0, 0.1) is 0 Å². The van der Waals surface area contributed by atoms with Gasteiger partial charge in [-0.3, -0.25) is 0 Å². The summed E-state index contributed by atoms with van der Waals surface area (Å²) in [6.07, 6.45) is 1.02. The van der Waals surface area contributed by atoms with Crippen LogP contribution in [-0.2, 0) is 0 Å². The number of anilines is 1. The van der Waals surface area contributed by atoms with Gasteiger partial charge in [0.1, 0.15) is 5.75 Å². The quantitative estimate of drug-likeness (QED) is 0.931. The molecule has 1 atom stereocenters. The van der Waals surface area contributed by atoms with Gasteiger partial charge >= 0.3 is 0 Å². The summed E-state index contributed by atoms with van der Waals surface area (Å²) in [7, 11) is 0. The Balaban J connectivity index is 1.74. The van der Waals surface area contributed by atoms with Gasteiger partial charge in [-0.25, -0.2) is 0 Å². The number of aromatic nitrogens is 2. The molecule has 0 spiro atoms. The summed E-state index contributed by atoms with van der Waals surface area (Å²) < 4.78 is 5.44. The SMILES string of the molecule is CCOc1ccc(-c2ccc(N3CCC(N)C3)nn2)cc1. The summed E-state index contributed by atoms with van der Waals surface area (Å²) in [5, 5.41) is 8.64. The van der Waals surface area contributed by atoms with Crippen LogP contribution in [0.5, 0.6) is 5.75 Å². The first-order valence-corrected chi connectivity index (χ1v) is 7.34. The fraction of sp³-hybridized carbons (Fsp3) is 0.375. The van der Waals surface area contributed by atoms with Crippen molar-refractivity contribution in [2.45, 2.75) is 19.4 Å². The molecule has 110 valence electrons. The molecule has 1 fully saturated rings. The van der Waals surface area contributed by atoms with Gasteiger partial charge in [-0.2, -0.15) is 0 Å². The Kier molecular flexibility index (Phi) is 4.01. The monoisotopic (exact) mass is 284 g/mol. The Hall–Kier alpha value is -2.14. The van der Waals surface area contributed by atoms with Crippen molar-refractivity contribution in [3.05, 3.63) is 36.4 Å². The number of benzene rings is 1. The zero-order valence-electron chi connectivity index (χ0n) is 12.2. The average molecular weight is 284 g/mol. The van der Waals surface area contributed by atoms with Gasteiger partial charge in [0.05, 0.1) is 12.3 Å². The van der Waals surface area contributed by atoms with E-state index < -0.39 is 0 Å². The first kappa shape index (κ1) is 13.8. The van der Waals surface area contributed by atoms with E-state index in [4.69, 9.17) is 10.5 Å². The van der Waals surface area contributed by atoms with E-state index in [-0.39, 0.29) is 6.04 Å². The van der Waals surface area contributed by atoms with Crippen LogP contribution in [0.1, 0.15) is 13.3 Å². The van der Waals surface area contributed by atoms with Crippen molar-refractivity contribution in [2.24, 2.45) is 5.73 Å². The van der Waals surface area contributed by atoms with Crippen LogP contribution in [0.2, 0.25) is 0 Å². The molecule has 2 N–H and O–H groups in total. The highest BCUT2D eigenvalue weighted by Gasteiger charge is 2.20. The molecule has 0 aliphatic carbocycles. The summed E-state index contributed by atoms with van der Waals surface area (Å²) in [6, 6.07) is 12.2. The van der Waals surface area contributed by atoms with Crippen LogP contribution in [0.25, 0.3) is 11.3 Å². The second-order valence-corrected chi connectivity index (χ2v) is 5.23.